The standard InChI is InChI=1S/C20H26N4O/c25-20-15-18-7-4-8-19(18)21-24(20)14-13-22-9-11-23(12-10-22)16-17-5-2-1-3-6-17/h1-3,5-6,15H,4,7-14,16H2. The molecule has 0 amide bonds. The number of rotatable bonds is 5. The molecule has 1 saturated heterocycles. The van der Waals surface area contributed by atoms with Crippen molar-refractivity contribution in [3.8, 4) is 0 Å². The van der Waals surface area contributed by atoms with Crippen molar-refractivity contribution in [3.05, 3.63) is 63.6 Å². The molecule has 132 valence electrons. The summed E-state index contributed by atoms with van der Waals surface area (Å²) in [5.74, 6) is 0. The van der Waals surface area contributed by atoms with Crippen LogP contribution in [0.2, 0.25) is 0 Å². The Bertz CT molecular complexity index is 763. The summed E-state index contributed by atoms with van der Waals surface area (Å²) in [6.07, 6.45) is 3.17. The van der Waals surface area contributed by atoms with Gasteiger partial charge in [-0.1, -0.05) is 30.3 Å². The maximum atomic E-state index is 12.2. The Morgan fingerprint density at radius 1 is 0.920 bits per heavy atom. The summed E-state index contributed by atoms with van der Waals surface area (Å²) in [5.41, 5.74) is 3.73. The average molecular weight is 338 g/mol. The molecule has 1 aromatic carbocycles. The highest BCUT2D eigenvalue weighted by Crippen LogP contribution is 2.17. The van der Waals surface area contributed by atoms with Gasteiger partial charge >= 0.3 is 0 Å². The summed E-state index contributed by atoms with van der Waals surface area (Å²) < 4.78 is 1.67. The molecule has 1 fully saturated rings. The van der Waals surface area contributed by atoms with E-state index in [4.69, 9.17) is 0 Å². The predicted molar refractivity (Wildman–Crippen MR) is 98.7 cm³/mol. The number of hydrogen-bond donors (Lipinski definition) is 0. The van der Waals surface area contributed by atoms with Gasteiger partial charge in [-0.2, -0.15) is 5.10 Å². The fourth-order valence-corrected chi connectivity index (χ4v) is 3.85. The summed E-state index contributed by atoms with van der Waals surface area (Å²) in [7, 11) is 0. The minimum absolute atomic E-state index is 0.0587. The second-order valence-electron chi connectivity index (χ2n) is 7.13. The molecule has 1 aromatic heterocycles. The molecule has 0 unspecified atom stereocenters. The molecule has 0 spiro atoms. The van der Waals surface area contributed by atoms with E-state index in [0.717, 1.165) is 69.8 Å². The second kappa shape index (κ2) is 7.50. The molecular formula is C20H26N4O. The third-order valence-corrected chi connectivity index (χ3v) is 5.37. The summed E-state index contributed by atoms with van der Waals surface area (Å²) in [6.45, 7) is 6.93. The molecule has 1 aliphatic carbocycles. The Kier molecular flexibility index (Phi) is 4.95. The van der Waals surface area contributed by atoms with Gasteiger partial charge in [-0.15, -0.1) is 0 Å². The van der Waals surface area contributed by atoms with Crippen LogP contribution >= 0.6 is 0 Å². The minimum atomic E-state index is 0.0587. The first-order valence-corrected chi connectivity index (χ1v) is 9.36. The minimum Gasteiger partial charge on any atom is -0.299 e. The third kappa shape index (κ3) is 3.99. The number of nitrogens with zero attached hydrogens (tertiary/aromatic N) is 4. The lowest BCUT2D eigenvalue weighted by Crippen LogP contribution is -2.47. The predicted octanol–water partition coefficient (Wildman–Crippen LogP) is 1.55. The van der Waals surface area contributed by atoms with Gasteiger partial charge in [-0.3, -0.25) is 14.6 Å². The molecule has 0 bridgehead atoms. The van der Waals surface area contributed by atoms with Gasteiger partial charge in [-0.25, -0.2) is 4.68 Å². The van der Waals surface area contributed by atoms with Crippen molar-refractivity contribution in [2.75, 3.05) is 32.7 Å². The van der Waals surface area contributed by atoms with Crippen LogP contribution < -0.4 is 5.56 Å². The fraction of sp³-hybridized carbons (Fsp3) is 0.500. The highest BCUT2D eigenvalue weighted by atomic mass is 16.1. The zero-order valence-corrected chi connectivity index (χ0v) is 14.7. The van der Waals surface area contributed by atoms with Crippen LogP contribution in [0.15, 0.2) is 41.2 Å². The van der Waals surface area contributed by atoms with E-state index < -0.39 is 0 Å². The highest BCUT2D eigenvalue weighted by molar-refractivity contribution is 5.22. The molecule has 5 heteroatoms. The van der Waals surface area contributed by atoms with Crippen LogP contribution in [-0.2, 0) is 25.9 Å². The molecule has 2 heterocycles. The normalized spacial score (nSPS) is 18.4. The molecule has 1 aliphatic heterocycles. The Hall–Kier alpha value is -1.98. The quantitative estimate of drug-likeness (QED) is 0.829. The van der Waals surface area contributed by atoms with Crippen LogP contribution in [0.5, 0.6) is 0 Å². The maximum absolute atomic E-state index is 12.2. The zero-order chi connectivity index (χ0) is 17.1. The van der Waals surface area contributed by atoms with Gasteiger partial charge in [0.15, 0.2) is 0 Å². The van der Waals surface area contributed by atoms with Crippen molar-refractivity contribution < 1.29 is 0 Å². The summed E-state index contributed by atoms with van der Waals surface area (Å²) in [6, 6.07) is 12.5. The Morgan fingerprint density at radius 2 is 1.68 bits per heavy atom. The van der Waals surface area contributed by atoms with E-state index in [-0.39, 0.29) is 5.56 Å². The number of hydrogen-bond acceptors (Lipinski definition) is 4. The molecule has 0 N–H and O–H groups in total. The third-order valence-electron chi connectivity index (χ3n) is 5.37. The van der Waals surface area contributed by atoms with Gasteiger partial charge in [0.25, 0.3) is 5.56 Å². The smallest absolute Gasteiger partial charge is 0.267 e. The van der Waals surface area contributed by atoms with Crippen molar-refractivity contribution in [1.82, 2.24) is 19.6 Å². The summed E-state index contributed by atoms with van der Waals surface area (Å²) in [5, 5.41) is 4.58. The summed E-state index contributed by atoms with van der Waals surface area (Å²) >= 11 is 0. The van der Waals surface area contributed by atoms with E-state index >= 15 is 0 Å². The van der Waals surface area contributed by atoms with Crippen molar-refractivity contribution in [2.24, 2.45) is 0 Å². The van der Waals surface area contributed by atoms with Crippen LogP contribution in [0.1, 0.15) is 23.2 Å². The SMILES string of the molecule is O=c1cc2c(nn1CCN1CCN(Cc3ccccc3)CC1)CCC2. The Balaban J connectivity index is 1.27. The molecule has 4 rings (SSSR count). The average Bonchev–Trinajstić information content (AvgIpc) is 3.09. The van der Waals surface area contributed by atoms with Crippen LogP contribution in [0.4, 0.5) is 0 Å². The van der Waals surface area contributed by atoms with Gasteiger partial charge < -0.3 is 0 Å². The first-order valence-electron chi connectivity index (χ1n) is 9.36. The molecule has 2 aliphatic rings. The number of aromatic nitrogens is 2. The van der Waals surface area contributed by atoms with E-state index in [0.29, 0.717) is 6.54 Å². The van der Waals surface area contributed by atoms with E-state index in [9.17, 15) is 4.79 Å². The van der Waals surface area contributed by atoms with Gasteiger partial charge in [0.1, 0.15) is 0 Å². The molecule has 0 atom stereocenters. The molecule has 2 aromatic rings. The van der Waals surface area contributed by atoms with Gasteiger partial charge in [0.2, 0.25) is 0 Å². The van der Waals surface area contributed by atoms with E-state index in [1.807, 2.05) is 0 Å². The second-order valence-corrected chi connectivity index (χ2v) is 7.13. The fourth-order valence-electron chi connectivity index (χ4n) is 3.85. The van der Waals surface area contributed by atoms with Gasteiger partial charge in [0, 0.05) is 45.3 Å². The van der Waals surface area contributed by atoms with Crippen LogP contribution in [0.25, 0.3) is 0 Å². The Morgan fingerprint density at radius 3 is 2.48 bits per heavy atom. The number of fused-ring (bicyclic) bond motifs is 1. The van der Waals surface area contributed by atoms with Crippen molar-refractivity contribution in [1.29, 1.82) is 0 Å². The van der Waals surface area contributed by atoms with Crippen molar-refractivity contribution in [2.45, 2.75) is 32.4 Å². The zero-order valence-electron chi connectivity index (χ0n) is 14.7. The maximum Gasteiger partial charge on any atom is 0.267 e. The number of piperazine rings is 1. The molecular weight excluding hydrogens is 312 g/mol. The lowest BCUT2D eigenvalue weighted by Gasteiger charge is -2.34. The van der Waals surface area contributed by atoms with Crippen LogP contribution in [-0.4, -0.2) is 52.3 Å². The van der Waals surface area contributed by atoms with E-state index in [1.165, 1.54) is 5.56 Å². The first kappa shape index (κ1) is 16.5. The van der Waals surface area contributed by atoms with Crippen molar-refractivity contribution >= 4 is 0 Å². The number of benzene rings is 1. The number of aryl methyl sites for hydroxylation is 2. The van der Waals surface area contributed by atoms with Crippen LogP contribution in [0, 0.1) is 0 Å². The largest absolute Gasteiger partial charge is 0.299 e. The molecule has 5 nitrogen and oxygen atoms in total. The topological polar surface area (TPSA) is 41.4 Å². The summed E-state index contributed by atoms with van der Waals surface area (Å²) in [4.78, 5) is 17.1. The highest BCUT2D eigenvalue weighted by Gasteiger charge is 2.18. The lowest BCUT2D eigenvalue weighted by molar-refractivity contribution is 0.122. The monoisotopic (exact) mass is 338 g/mol. The van der Waals surface area contributed by atoms with E-state index in [1.54, 1.807) is 10.7 Å². The van der Waals surface area contributed by atoms with Gasteiger partial charge in [0.05, 0.1) is 12.2 Å². The molecule has 25 heavy (non-hydrogen) atoms. The Labute approximate surface area is 148 Å². The molecule has 0 saturated carbocycles. The molecule has 0 radical (unpaired) electrons. The van der Waals surface area contributed by atoms with Gasteiger partial charge in [-0.05, 0) is 30.4 Å². The van der Waals surface area contributed by atoms with Crippen molar-refractivity contribution in [3.63, 3.8) is 0 Å². The first-order chi connectivity index (χ1) is 12.3. The van der Waals surface area contributed by atoms with E-state index in [2.05, 4.69) is 45.2 Å². The lowest BCUT2D eigenvalue weighted by atomic mass is 10.2. The van der Waals surface area contributed by atoms with Crippen LogP contribution in [0.3, 0.4) is 0 Å².